The van der Waals surface area contributed by atoms with Crippen molar-refractivity contribution in [2.45, 2.75) is 0 Å². The Morgan fingerprint density at radius 3 is 2.78 bits per heavy atom. The Bertz CT molecular complexity index is 707. The van der Waals surface area contributed by atoms with E-state index in [1.807, 2.05) is 5.43 Å². The minimum Gasteiger partial charge on any atom is -0.360 e. The average molecular weight is 248 g/mol. The molecule has 1 amide bonds. The number of hydrogen-bond donors (Lipinski definition) is 3. The maximum Gasteiger partial charge on any atom is 0.271 e. The Hall–Kier alpha value is -2.74. The number of aromatic amines is 1. The number of amides is 1. The number of pyridine rings is 1. The van der Waals surface area contributed by atoms with E-state index in [4.69, 9.17) is 5.84 Å². The Kier molecular flexibility index (Phi) is 2.78. The zero-order chi connectivity index (χ0) is 13.3. The van der Waals surface area contributed by atoms with Gasteiger partial charge in [-0.15, -0.1) is 0 Å². The highest BCUT2D eigenvalue weighted by atomic mass is 16.6. The van der Waals surface area contributed by atoms with E-state index < -0.39 is 16.3 Å². The molecule has 0 unspecified atom stereocenters. The van der Waals surface area contributed by atoms with Crippen molar-refractivity contribution in [1.29, 1.82) is 0 Å². The molecule has 1 heterocycles. The van der Waals surface area contributed by atoms with Crippen LogP contribution >= 0.6 is 0 Å². The second kappa shape index (κ2) is 4.26. The summed E-state index contributed by atoms with van der Waals surface area (Å²) in [6.45, 7) is 0. The number of nitro benzene ring substituents is 1. The molecule has 8 nitrogen and oxygen atoms in total. The Balaban J connectivity index is 2.70. The third-order valence-corrected chi connectivity index (χ3v) is 2.45. The molecule has 92 valence electrons. The lowest BCUT2D eigenvalue weighted by Gasteiger charge is -2.01. The Labute approximate surface area is 99.5 Å². The molecule has 0 fully saturated rings. The van der Waals surface area contributed by atoms with Gasteiger partial charge in [-0.1, -0.05) is 0 Å². The first-order valence-corrected chi connectivity index (χ1v) is 4.85. The minimum absolute atomic E-state index is 0.144. The van der Waals surface area contributed by atoms with E-state index in [0.717, 1.165) is 6.20 Å². The lowest BCUT2D eigenvalue weighted by molar-refractivity contribution is -0.384. The molecular weight excluding hydrogens is 240 g/mol. The number of nitrogens with one attached hydrogen (secondary N) is 2. The standard InChI is InChI=1S/C10H8N4O4/c11-13-10(16)7-4-12-8-3-5(14(17)18)1-2-6(8)9(7)15/h1-4H,11H2,(H,12,15)(H,13,16). The molecule has 0 saturated heterocycles. The highest BCUT2D eigenvalue weighted by Gasteiger charge is 2.13. The van der Waals surface area contributed by atoms with E-state index in [-0.39, 0.29) is 22.2 Å². The number of nitrogens with two attached hydrogens (primary N) is 1. The second-order valence-electron chi connectivity index (χ2n) is 3.49. The maximum atomic E-state index is 11.9. The van der Waals surface area contributed by atoms with E-state index in [2.05, 4.69) is 4.98 Å². The van der Waals surface area contributed by atoms with Gasteiger partial charge in [-0.25, -0.2) is 5.84 Å². The summed E-state index contributed by atoms with van der Waals surface area (Å²) >= 11 is 0. The third-order valence-electron chi connectivity index (χ3n) is 2.45. The molecule has 0 radical (unpaired) electrons. The number of carbonyl (C=O) groups excluding carboxylic acids is 1. The molecule has 0 atom stereocenters. The summed E-state index contributed by atoms with van der Waals surface area (Å²) in [6.07, 6.45) is 1.16. The lowest BCUT2D eigenvalue weighted by Crippen LogP contribution is -2.33. The number of hydrazine groups is 1. The zero-order valence-electron chi connectivity index (χ0n) is 8.97. The van der Waals surface area contributed by atoms with Gasteiger partial charge in [0.1, 0.15) is 5.56 Å². The van der Waals surface area contributed by atoms with Crippen LogP contribution in [0.15, 0.2) is 29.2 Å². The van der Waals surface area contributed by atoms with Crippen LogP contribution in [0.3, 0.4) is 0 Å². The number of H-pyrrole nitrogens is 1. The fraction of sp³-hybridized carbons (Fsp3) is 0. The fourth-order valence-electron chi connectivity index (χ4n) is 1.57. The number of aromatic nitrogens is 1. The van der Waals surface area contributed by atoms with Crippen LogP contribution in [0.2, 0.25) is 0 Å². The normalized spacial score (nSPS) is 10.3. The van der Waals surface area contributed by atoms with Crippen LogP contribution in [-0.2, 0) is 0 Å². The van der Waals surface area contributed by atoms with E-state index in [1.165, 1.54) is 18.2 Å². The van der Waals surface area contributed by atoms with Gasteiger partial charge in [-0.05, 0) is 6.07 Å². The molecule has 0 spiro atoms. The molecule has 0 aliphatic carbocycles. The van der Waals surface area contributed by atoms with Crippen LogP contribution in [0.25, 0.3) is 10.9 Å². The molecule has 0 bridgehead atoms. The van der Waals surface area contributed by atoms with Crippen LogP contribution < -0.4 is 16.7 Å². The molecule has 0 aliphatic heterocycles. The zero-order valence-corrected chi connectivity index (χ0v) is 8.97. The maximum absolute atomic E-state index is 11.9. The van der Waals surface area contributed by atoms with Gasteiger partial charge < -0.3 is 4.98 Å². The van der Waals surface area contributed by atoms with E-state index in [0.29, 0.717) is 0 Å². The van der Waals surface area contributed by atoms with Crippen LogP contribution in [0, 0.1) is 10.1 Å². The lowest BCUT2D eigenvalue weighted by atomic mass is 10.1. The van der Waals surface area contributed by atoms with Crippen molar-refractivity contribution in [3.05, 3.63) is 50.3 Å². The summed E-state index contributed by atoms with van der Waals surface area (Å²) in [7, 11) is 0. The molecule has 8 heteroatoms. The van der Waals surface area contributed by atoms with Crippen molar-refractivity contribution < 1.29 is 9.72 Å². The summed E-state index contributed by atoms with van der Waals surface area (Å²) in [4.78, 5) is 35.9. The summed E-state index contributed by atoms with van der Waals surface area (Å²) in [6, 6.07) is 3.71. The number of benzene rings is 1. The minimum atomic E-state index is -0.725. The van der Waals surface area contributed by atoms with E-state index in [9.17, 15) is 19.7 Å². The monoisotopic (exact) mass is 248 g/mol. The summed E-state index contributed by atoms with van der Waals surface area (Å²) in [5.41, 5.74) is 1.29. The summed E-state index contributed by atoms with van der Waals surface area (Å²) in [5, 5.41) is 10.8. The van der Waals surface area contributed by atoms with Crippen LogP contribution in [0.1, 0.15) is 10.4 Å². The summed E-state index contributed by atoms with van der Waals surface area (Å²) < 4.78 is 0. The smallest absolute Gasteiger partial charge is 0.271 e. The molecule has 2 aromatic rings. The Morgan fingerprint density at radius 2 is 2.17 bits per heavy atom. The SMILES string of the molecule is NNC(=O)c1c[nH]c2cc([N+](=O)[O-])ccc2c1=O. The molecule has 1 aromatic carbocycles. The number of fused-ring (bicyclic) bond motifs is 1. The van der Waals surface area contributed by atoms with Crippen molar-refractivity contribution in [2.75, 3.05) is 0 Å². The van der Waals surface area contributed by atoms with Crippen molar-refractivity contribution >= 4 is 22.5 Å². The predicted octanol–water partition coefficient (Wildman–Crippen LogP) is 0.0398. The largest absolute Gasteiger partial charge is 0.360 e. The fourth-order valence-corrected chi connectivity index (χ4v) is 1.57. The van der Waals surface area contributed by atoms with Crippen molar-refractivity contribution in [3.8, 4) is 0 Å². The van der Waals surface area contributed by atoms with Crippen molar-refractivity contribution in [2.24, 2.45) is 5.84 Å². The van der Waals surface area contributed by atoms with Gasteiger partial charge in [0, 0.05) is 23.7 Å². The molecule has 1 aromatic heterocycles. The van der Waals surface area contributed by atoms with Gasteiger partial charge in [0.05, 0.1) is 10.4 Å². The third kappa shape index (κ3) is 1.80. The quantitative estimate of drug-likeness (QED) is 0.299. The van der Waals surface area contributed by atoms with Gasteiger partial charge in [0.2, 0.25) is 5.43 Å². The Morgan fingerprint density at radius 1 is 1.44 bits per heavy atom. The highest BCUT2D eigenvalue weighted by Crippen LogP contribution is 2.16. The van der Waals surface area contributed by atoms with E-state index in [1.54, 1.807) is 0 Å². The van der Waals surface area contributed by atoms with E-state index >= 15 is 0 Å². The van der Waals surface area contributed by atoms with Crippen LogP contribution in [0.5, 0.6) is 0 Å². The number of nitro groups is 1. The number of carbonyl (C=O) groups is 1. The predicted molar refractivity (Wildman–Crippen MR) is 62.9 cm³/mol. The van der Waals surface area contributed by atoms with Crippen molar-refractivity contribution in [3.63, 3.8) is 0 Å². The highest BCUT2D eigenvalue weighted by molar-refractivity contribution is 5.96. The van der Waals surface area contributed by atoms with Gasteiger partial charge in [0.25, 0.3) is 11.6 Å². The van der Waals surface area contributed by atoms with Gasteiger partial charge in [-0.2, -0.15) is 0 Å². The molecule has 0 aliphatic rings. The second-order valence-corrected chi connectivity index (χ2v) is 3.49. The number of nitrogens with zero attached hydrogens (tertiary/aromatic N) is 1. The molecule has 18 heavy (non-hydrogen) atoms. The molecular formula is C10H8N4O4. The van der Waals surface area contributed by atoms with Gasteiger partial charge in [0.15, 0.2) is 0 Å². The number of rotatable bonds is 2. The number of hydrogen-bond acceptors (Lipinski definition) is 5. The first-order chi connectivity index (χ1) is 8.54. The topological polar surface area (TPSA) is 131 Å². The molecule has 4 N–H and O–H groups in total. The molecule has 0 saturated carbocycles. The van der Waals surface area contributed by atoms with Crippen LogP contribution in [0.4, 0.5) is 5.69 Å². The van der Waals surface area contributed by atoms with Crippen LogP contribution in [-0.4, -0.2) is 15.8 Å². The van der Waals surface area contributed by atoms with Gasteiger partial charge in [-0.3, -0.25) is 25.1 Å². The van der Waals surface area contributed by atoms with Crippen molar-refractivity contribution in [1.82, 2.24) is 10.4 Å². The summed E-state index contributed by atoms with van der Waals surface area (Å²) in [5.74, 6) is 4.21. The number of non-ortho nitro benzene ring substituents is 1. The average Bonchev–Trinajstić information content (AvgIpc) is 2.37. The first kappa shape index (κ1) is 11.7. The number of nitrogen functional groups attached to an aromatic ring is 1. The first-order valence-electron chi connectivity index (χ1n) is 4.85. The van der Waals surface area contributed by atoms with Gasteiger partial charge >= 0.3 is 0 Å². The molecule has 2 rings (SSSR count).